The standard InChI is InChI=1S/C13H25N5/c1-4-7-14-12-10-13(17-11-16-12)15-8-5-6-9-18(2)3/h10-11H,4-9H2,1-3H3,(H2,14,15,16,17). The monoisotopic (exact) mass is 251 g/mol. The van der Waals surface area contributed by atoms with Crippen molar-refractivity contribution in [2.24, 2.45) is 0 Å². The lowest BCUT2D eigenvalue weighted by Crippen LogP contribution is -2.14. The third-order valence-electron chi connectivity index (χ3n) is 2.56. The van der Waals surface area contributed by atoms with Gasteiger partial charge in [0.1, 0.15) is 18.0 Å². The Hall–Kier alpha value is -1.36. The van der Waals surface area contributed by atoms with Crippen molar-refractivity contribution in [1.29, 1.82) is 0 Å². The molecule has 0 aliphatic rings. The number of nitrogens with one attached hydrogen (secondary N) is 2. The van der Waals surface area contributed by atoms with Crippen molar-refractivity contribution in [1.82, 2.24) is 14.9 Å². The number of nitrogens with zero attached hydrogens (tertiary/aromatic N) is 3. The number of hydrogen-bond donors (Lipinski definition) is 2. The lowest BCUT2D eigenvalue weighted by Gasteiger charge is -2.10. The minimum atomic E-state index is 0.891. The molecule has 0 aliphatic heterocycles. The highest BCUT2D eigenvalue weighted by molar-refractivity contribution is 5.46. The first-order chi connectivity index (χ1) is 8.72. The van der Waals surface area contributed by atoms with Gasteiger partial charge in [0, 0.05) is 19.2 Å². The van der Waals surface area contributed by atoms with Gasteiger partial charge < -0.3 is 15.5 Å². The van der Waals surface area contributed by atoms with Crippen LogP contribution in [-0.4, -0.2) is 48.6 Å². The number of rotatable bonds is 9. The second-order valence-electron chi connectivity index (χ2n) is 4.65. The van der Waals surface area contributed by atoms with Crippen LogP contribution in [0.15, 0.2) is 12.4 Å². The molecule has 1 heterocycles. The third-order valence-corrected chi connectivity index (χ3v) is 2.56. The van der Waals surface area contributed by atoms with Crippen molar-refractivity contribution in [3.63, 3.8) is 0 Å². The van der Waals surface area contributed by atoms with Crippen molar-refractivity contribution in [2.45, 2.75) is 26.2 Å². The van der Waals surface area contributed by atoms with Crippen molar-refractivity contribution >= 4 is 11.6 Å². The van der Waals surface area contributed by atoms with E-state index in [1.54, 1.807) is 6.33 Å². The van der Waals surface area contributed by atoms with Crippen LogP contribution in [0.4, 0.5) is 11.6 Å². The predicted octanol–water partition coefficient (Wildman–Crippen LogP) is 2.05. The molecule has 0 unspecified atom stereocenters. The summed E-state index contributed by atoms with van der Waals surface area (Å²) in [5.41, 5.74) is 0. The van der Waals surface area contributed by atoms with Gasteiger partial charge in [0.2, 0.25) is 0 Å². The molecule has 0 aliphatic carbocycles. The summed E-state index contributed by atoms with van der Waals surface area (Å²) in [6.45, 7) is 5.17. The van der Waals surface area contributed by atoms with Gasteiger partial charge in [-0.25, -0.2) is 9.97 Å². The molecule has 0 aromatic carbocycles. The van der Waals surface area contributed by atoms with Crippen LogP contribution in [0.25, 0.3) is 0 Å². The van der Waals surface area contributed by atoms with Crippen LogP contribution in [0.2, 0.25) is 0 Å². The highest BCUT2D eigenvalue weighted by Gasteiger charge is 1.97. The van der Waals surface area contributed by atoms with E-state index < -0.39 is 0 Å². The van der Waals surface area contributed by atoms with Crippen LogP contribution in [0, 0.1) is 0 Å². The number of unbranched alkanes of at least 4 members (excludes halogenated alkanes) is 1. The maximum Gasteiger partial charge on any atom is 0.131 e. The summed E-state index contributed by atoms with van der Waals surface area (Å²) in [4.78, 5) is 10.6. The van der Waals surface area contributed by atoms with E-state index in [0.29, 0.717) is 0 Å². The molecule has 2 N–H and O–H groups in total. The average Bonchev–Trinajstić information content (AvgIpc) is 2.36. The van der Waals surface area contributed by atoms with Gasteiger partial charge in [-0.15, -0.1) is 0 Å². The maximum atomic E-state index is 4.21. The van der Waals surface area contributed by atoms with E-state index in [1.807, 2.05) is 6.07 Å². The fourth-order valence-electron chi connectivity index (χ4n) is 1.57. The van der Waals surface area contributed by atoms with E-state index in [1.165, 1.54) is 6.42 Å². The van der Waals surface area contributed by atoms with Crippen LogP contribution in [-0.2, 0) is 0 Å². The molecule has 5 nitrogen and oxygen atoms in total. The van der Waals surface area contributed by atoms with E-state index in [-0.39, 0.29) is 0 Å². The van der Waals surface area contributed by atoms with Gasteiger partial charge in [0.05, 0.1) is 0 Å². The van der Waals surface area contributed by atoms with Gasteiger partial charge in [0.15, 0.2) is 0 Å². The second-order valence-corrected chi connectivity index (χ2v) is 4.65. The smallest absolute Gasteiger partial charge is 0.131 e. The summed E-state index contributed by atoms with van der Waals surface area (Å²) < 4.78 is 0. The molecular formula is C13H25N5. The molecule has 1 rings (SSSR count). The molecule has 0 spiro atoms. The predicted molar refractivity (Wildman–Crippen MR) is 77.1 cm³/mol. The van der Waals surface area contributed by atoms with Crippen molar-refractivity contribution in [3.8, 4) is 0 Å². The normalized spacial score (nSPS) is 10.7. The molecular weight excluding hydrogens is 226 g/mol. The molecule has 0 radical (unpaired) electrons. The van der Waals surface area contributed by atoms with E-state index in [2.05, 4.69) is 46.5 Å². The summed E-state index contributed by atoms with van der Waals surface area (Å²) in [5, 5.41) is 6.58. The molecule has 0 saturated carbocycles. The summed E-state index contributed by atoms with van der Waals surface area (Å²) >= 11 is 0. The fraction of sp³-hybridized carbons (Fsp3) is 0.692. The van der Waals surface area contributed by atoms with E-state index >= 15 is 0 Å². The van der Waals surface area contributed by atoms with Gasteiger partial charge in [-0.3, -0.25) is 0 Å². The molecule has 5 heteroatoms. The van der Waals surface area contributed by atoms with Gasteiger partial charge in [0.25, 0.3) is 0 Å². The highest BCUT2D eigenvalue weighted by atomic mass is 15.1. The average molecular weight is 251 g/mol. The Bertz CT molecular complexity index is 327. The second kappa shape index (κ2) is 8.69. The molecule has 0 bridgehead atoms. The van der Waals surface area contributed by atoms with Crippen molar-refractivity contribution < 1.29 is 0 Å². The maximum absolute atomic E-state index is 4.21. The highest BCUT2D eigenvalue weighted by Crippen LogP contribution is 2.08. The Morgan fingerprint density at radius 1 is 1.06 bits per heavy atom. The topological polar surface area (TPSA) is 53.1 Å². The summed E-state index contributed by atoms with van der Waals surface area (Å²) in [5.74, 6) is 1.79. The molecule has 0 atom stereocenters. The SMILES string of the molecule is CCCNc1cc(NCCCCN(C)C)ncn1. The Kier molecular flexibility index (Phi) is 7.10. The molecule has 0 saturated heterocycles. The van der Waals surface area contributed by atoms with Crippen LogP contribution >= 0.6 is 0 Å². The van der Waals surface area contributed by atoms with Gasteiger partial charge in [-0.05, 0) is 39.9 Å². The molecule has 1 aromatic heterocycles. The minimum Gasteiger partial charge on any atom is -0.370 e. The van der Waals surface area contributed by atoms with E-state index in [4.69, 9.17) is 0 Å². The van der Waals surface area contributed by atoms with E-state index in [9.17, 15) is 0 Å². The van der Waals surface area contributed by atoms with E-state index in [0.717, 1.165) is 44.1 Å². The number of anilines is 2. The Labute approximate surface area is 110 Å². The molecule has 0 fully saturated rings. The zero-order valence-electron chi connectivity index (χ0n) is 11.7. The quantitative estimate of drug-likeness (QED) is 0.658. The minimum absolute atomic E-state index is 0.891. The summed E-state index contributed by atoms with van der Waals surface area (Å²) in [7, 11) is 4.20. The summed E-state index contributed by atoms with van der Waals surface area (Å²) in [6.07, 6.45) is 5.05. The first-order valence-corrected chi connectivity index (χ1v) is 6.67. The van der Waals surface area contributed by atoms with Gasteiger partial charge in [-0.2, -0.15) is 0 Å². The number of aromatic nitrogens is 2. The Morgan fingerprint density at radius 2 is 1.72 bits per heavy atom. The van der Waals surface area contributed by atoms with Crippen LogP contribution in [0.5, 0.6) is 0 Å². The Morgan fingerprint density at radius 3 is 2.33 bits per heavy atom. The first-order valence-electron chi connectivity index (χ1n) is 6.67. The van der Waals surface area contributed by atoms with Crippen molar-refractivity contribution in [2.75, 3.05) is 44.4 Å². The molecule has 0 amide bonds. The van der Waals surface area contributed by atoms with Crippen LogP contribution < -0.4 is 10.6 Å². The van der Waals surface area contributed by atoms with Gasteiger partial charge in [-0.1, -0.05) is 6.92 Å². The zero-order chi connectivity index (χ0) is 13.2. The summed E-state index contributed by atoms with van der Waals surface area (Å²) in [6, 6.07) is 1.96. The van der Waals surface area contributed by atoms with Crippen LogP contribution in [0.3, 0.4) is 0 Å². The zero-order valence-corrected chi connectivity index (χ0v) is 11.7. The lowest BCUT2D eigenvalue weighted by molar-refractivity contribution is 0.396. The fourth-order valence-corrected chi connectivity index (χ4v) is 1.57. The van der Waals surface area contributed by atoms with Gasteiger partial charge >= 0.3 is 0 Å². The number of hydrogen-bond acceptors (Lipinski definition) is 5. The molecule has 1 aromatic rings. The van der Waals surface area contributed by atoms with Crippen LogP contribution in [0.1, 0.15) is 26.2 Å². The van der Waals surface area contributed by atoms with Crippen molar-refractivity contribution in [3.05, 3.63) is 12.4 Å². The lowest BCUT2D eigenvalue weighted by atomic mass is 10.3. The Balaban J connectivity index is 2.24. The molecule has 18 heavy (non-hydrogen) atoms. The first kappa shape index (κ1) is 14.7. The third kappa shape index (κ3) is 6.39. The largest absolute Gasteiger partial charge is 0.370 e. The molecule has 102 valence electrons.